The molecule has 24 heavy (non-hydrogen) atoms. The fourth-order valence-corrected chi connectivity index (χ4v) is 2.56. The van der Waals surface area contributed by atoms with Gasteiger partial charge in [0.1, 0.15) is 0 Å². The lowest BCUT2D eigenvalue weighted by Crippen LogP contribution is -2.11. The standard InChI is InChI=1S/C19H14N2O3/c22-19(21-16-4-5-17-18(11-16)24-12-23-17)15-3-1-2-14(10-15)13-6-8-20-9-7-13/h1-11H,12H2,(H,21,22). The van der Waals surface area contributed by atoms with E-state index in [9.17, 15) is 4.79 Å². The van der Waals surface area contributed by atoms with Crippen molar-refractivity contribution in [2.45, 2.75) is 0 Å². The average molecular weight is 318 g/mol. The normalized spacial score (nSPS) is 12.0. The van der Waals surface area contributed by atoms with Gasteiger partial charge >= 0.3 is 0 Å². The van der Waals surface area contributed by atoms with Gasteiger partial charge in [-0.25, -0.2) is 0 Å². The third-order valence-corrected chi connectivity index (χ3v) is 3.77. The van der Waals surface area contributed by atoms with Crippen LogP contribution in [0.3, 0.4) is 0 Å². The quantitative estimate of drug-likeness (QED) is 0.799. The zero-order valence-electron chi connectivity index (χ0n) is 12.7. The molecule has 118 valence electrons. The van der Waals surface area contributed by atoms with Crippen LogP contribution >= 0.6 is 0 Å². The predicted molar refractivity (Wildman–Crippen MR) is 90.2 cm³/mol. The number of rotatable bonds is 3. The van der Waals surface area contributed by atoms with Gasteiger partial charge in [0.2, 0.25) is 6.79 Å². The first kappa shape index (κ1) is 14.3. The van der Waals surface area contributed by atoms with Crippen molar-refractivity contribution < 1.29 is 14.3 Å². The molecular formula is C19H14N2O3. The van der Waals surface area contributed by atoms with Crippen LogP contribution in [0.1, 0.15) is 10.4 Å². The van der Waals surface area contributed by atoms with Crippen LogP contribution < -0.4 is 14.8 Å². The molecule has 0 fully saturated rings. The molecule has 2 heterocycles. The van der Waals surface area contributed by atoms with Gasteiger partial charge in [-0.2, -0.15) is 0 Å². The zero-order chi connectivity index (χ0) is 16.4. The number of amides is 1. The molecule has 0 radical (unpaired) electrons. The Bertz CT molecular complexity index is 894. The van der Waals surface area contributed by atoms with Gasteiger partial charge < -0.3 is 14.8 Å². The van der Waals surface area contributed by atoms with Crippen LogP contribution in [0.4, 0.5) is 5.69 Å². The van der Waals surface area contributed by atoms with Gasteiger partial charge in [-0.3, -0.25) is 9.78 Å². The monoisotopic (exact) mass is 318 g/mol. The van der Waals surface area contributed by atoms with E-state index in [0.717, 1.165) is 11.1 Å². The Balaban J connectivity index is 1.56. The van der Waals surface area contributed by atoms with Gasteiger partial charge in [0.05, 0.1) is 0 Å². The van der Waals surface area contributed by atoms with E-state index in [-0.39, 0.29) is 12.7 Å². The van der Waals surface area contributed by atoms with Crippen LogP contribution in [0.15, 0.2) is 67.0 Å². The van der Waals surface area contributed by atoms with Gasteiger partial charge in [-0.15, -0.1) is 0 Å². The molecule has 0 atom stereocenters. The molecule has 1 aliphatic heterocycles. The highest BCUT2D eigenvalue weighted by molar-refractivity contribution is 6.05. The summed E-state index contributed by atoms with van der Waals surface area (Å²) in [6.45, 7) is 0.209. The molecule has 2 aromatic carbocycles. The van der Waals surface area contributed by atoms with Crippen molar-refractivity contribution in [2.24, 2.45) is 0 Å². The molecular weight excluding hydrogens is 304 g/mol. The summed E-state index contributed by atoms with van der Waals surface area (Å²) in [5, 5.41) is 2.88. The second-order valence-electron chi connectivity index (χ2n) is 5.34. The first-order valence-electron chi connectivity index (χ1n) is 7.51. The lowest BCUT2D eigenvalue weighted by atomic mass is 10.0. The molecule has 0 saturated carbocycles. The smallest absolute Gasteiger partial charge is 0.255 e. The Morgan fingerprint density at radius 2 is 1.75 bits per heavy atom. The minimum Gasteiger partial charge on any atom is -0.454 e. The summed E-state index contributed by atoms with van der Waals surface area (Å²) >= 11 is 0. The van der Waals surface area contributed by atoms with Crippen LogP contribution in [0, 0.1) is 0 Å². The maximum absolute atomic E-state index is 12.5. The highest BCUT2D eigenvalue weighted by Crippen LogP contribution is 2.34. The van der Waals surface area contributed by atoms with Gasteiger partial charge in [0.25, 0.3) is 5.91 Å². The SMILES string of the molecule is O=C(Nc1ccc2c(c1)OCO2)c1cccc(-c2ccncc2)c1. The number of carbonyl (C=O) groups excluding carboxylic acids is 1. The van der Waals surface area contributed by atoms with Gasteiger partial charge in [0, 0.05) is 29.7 Å². The number of hydrogen-bond donors (Lipinski definition) is 1. The third-order valence-electron chi connectivity index (χ3n) is 3.77. The number of carbonyl (C=O) groups is 1. The summed E-state index contributed by atoms with van der Waals surface area (Å²) < 4.78 is 10.6. The molecule has 1 N–H and O–H groups in total. The van der Waals surface area contributed by atoms with E-state index >= 15 is 0 Å². The number of hydrogen-bond acceptors (Lipinski definition) is 4. The maximum atomic E-state index is 12.5. The highest BCUT2D eigenvalue weighted by Gasteiger charge is 2.14. The van der Waals surface area contributed by atoms with Crippen molar-refractivity contribution >= 4 is 11.6 Å². The van der Waals surface area contributed by atoms with Gasteiger partial charge in [-0.05, 0) is 47.5 Å². The minimum atomic E-state index is -0.176. The van der Waals surface area contributed by atoms with Crippen molar-refractivity contribution in [1.82, 2.24) is 4.98 Å². The first-order valence-corrected chi connectivity index (χ1v) is 7.51. The van der Waals surface area contributed by atoms with E-state index in [1.807, 2.05) is 30.3 Å². The van der Waals surface area contributed by atoms with Crippen molar-refractivity contribution in [1.29, 1.82) is 0 Å². The number of ether oxygens (including phenoxy) is 2. The van der Waals surface area contributed by atoms with Crippen molar-refractivity contribution in [2.75, 3.05) is 12.1 Å². The lowest BCUT2D eigenvalue weighted by molar-refractivity contribution is 0.102. The molecule has 0 aliphatic carbocycles. The molecule has 1 aromatic heterocycles. The molecule has 1 aliphatic rings. The van der Waals surface area contributed by atoms with Crippen molar-refractivity contribution in [3.05, 3.63) is 72.6 Å². The highest BCUT2D eigenvalue weighted by atomic mass is 16.7. The molecule has 0 spiro atoms. The third kappa shape index (κ3) is 2.79. The Kier molecular flexibility index (Phi) is 3.59. The van der Waals surface area contributed by atoms with Crippen LogP contribution in [-0.2, 0) is 0 Å². The summed E-state index contributed by atoms with van der Waals surface area (Å²) in [5.74, 6) is 1.15. The summed E-state index contributed by atoms with van der Waals surface area (Å²) in [4.78, 5) is 16.5. The number of anilines is 1. The molecule has 4 rings (SSSR count). The minimum absolute atomic E-state index is 0.176. The number of aromatic nitrogens is 1. The average Bonchev–Trinajstić information content (AvgIpc) is 3.10. The van der Waals surface area contributed by atoms with Gasteiger partial charge in [-0.1, -0.05) is 12.1 Å². The van der Waals surface area contributed by atoms with E-state index in [4.69, 9.17) is 9.47 Å². The fourth-order valence-electron chi connectivity index (χ4n) is 2.56. The first-order chi connectivity index (χ1) is 11.8. The van der Waals surface area contributed by atoms with Crippen LogP contribution in [-0.4, -0.2) is 17.7 Å². The summed E-state index contributed by atoms with van der Waals surface area (Å²) in [7, 11) is 0. The van der Waals surface area contributed by atoms with Crippen molar-refractivity contribution in [3.63, 3.8) is 0 Å². The lowest BCUT2D eigenvalue weighted by Gasteiger charge is -2.08. The van der Waals surface area contributed by atoms with Crippen LogP contribution in [0.25, 0.3) is 11.1 Å². The molecule has 5 nitrogen and oxygen atoms in total. The van der Waals surface area contributed by atoms with E-state index in [1.165, 1.54) is 0 Å². The molecule has 1 amide bonds. The molecule has 5 heteroatoms. The number of benzene rings is 2. The second kappa shape index (κ2) is 6.04. The van der Waals surface area contributed by atoms with Crippen LogP contribution in [0.5, 0.6) is 11.5 Å². The second-order valence-corrected chi connectivity index (χ2v) is 5.34. The van der Waals surface area contributed by atoms with E-state index in [0.29, 0.717) is 22.7 Å². The number of nitrogens with one attached hydrogen (secondary N) is 1. The van der Waals surface area contributed by atoms with E-state index in [1.54, 1.807) is 36.7 Å². The Labute approximate surface area is 138 Å². The molecule has 0 saturated heterocycles. The number of nitrogens with zero attached hydrogens (tertiary/aromatic N) is 1. The Morgan fingerprint density at radius 1 is 0.917 bits per heavy atom. The van der Waals surface area contributed by atoms with Crippen LogP contribution in [0.2, 0.25) is 0 Å². The molecule has 0 bridgehead atoms. The van der Waals surface area contributed by atoms with Gasteiger partial charge in [0.15, 0.2) is 11.5 Å². The topological polar surface area (TPSA) is 60.5 Å². The van der Waals surface area contributed by atoms with Crippen molar-refractivity contribution in [3.8, 4) is 22.6 Å². The summed E-state index contributed by atoms with van der Waals surface area (Å²) in [6.07, 6.45) is 3.46. The Hall–Kier alpha value is -3.34. The summed E-state index contributed by atoms with van der Waals surface area (Å²) in [5.41, 5.74) is 3.24. The predicted octanol–water partition coefficient (Wildman–Crippen LogP) is 3.73. The number of fused-ring (bicyclic) bond motifs is 1. The number of pyridine rings is 1. The molecule has 3 aromatic rings. The fraction of sp³-hybridized carbons (Fsp3) is 0.0526. The van der Waals surface area contributed by atoms with E-state index in [2.05, 4.69) is 10.3 Å². The Morgan fingerprint density at radius 3 is 2.62 bits per heavy atom. The zero-order valence-corrected chi connectivity index (χ0v) is 12.7. The summed E-state index contributed by atoms with van der Waals surface area (Å²) in [6, 6.07) is 16.6. The maximum Gasteiger partial charge on any atom is 0.255 e. The molecule has 0 unspecified atom stereocenters. The largest absolute Gasteiger partial charge is 0.454 e. The van der Waals surface area contributed by atoms with E-state index < -0.39 is 0 Å².